The van der Waals surface area contributed by atoms with Gasteiger partial charge in [-0.2, -0.15) is 0 Å². The second-order valence-corrected chi connectivity index (χ2v) is 10.5. The summed E-state index contributed by atoms with van der Waals surface area (Å²) in [4.78, 5) is 6.25. The average molecular weight is 462 g/mol. The van der Waals surface area contributed by atoms with Crippen molar-refractivity contribution in [3.05, 3.63) is 54.1 Å². The van der Waals surface area contributed by atoms with Gasteiger partial charge in [0.05, 0.1) is 4.90 Å². The number of nitrogens with one attached hydrogen (secondary N) is 1. The van der Waals surface area contributed by atoms with Crippen molar-refractivity contribution >= 4 is 27.5 Å². The van der Waals surface area contributed by atoms with E-state index in [9.17, 15) is 8.42 Å². The molecule has 0 unspecified atom stereocenters. The molecule has 0 atom stereocenters. The third-order valence-electron chi connectivity index (χ3n) is 5.79. The van der Waals surface area contributed by atoms with E-state index in [0.717, 1.165) is 56.0 Å². The Morgan fingerprint density at radius 2 is 1.71 bits per heavy atom. The smallest absolute Gasteiger partial charge is 0.241 e. The Kier molecular flexibility index (Phi) is 9.26. The number of rotatable bonds is 11. The Morgan fingerprint density at radius 1 is 0.968 bits per heavy atom. The predicted molar refractivity (Wildman–Crippen MR) is 132 cm³/mol. The molecule has 1 aliphatic heterocycles. The van der Waals surface area contributed by atoms with Crippen molar-refractivity contribution in [3.8, 4) is 0 Å². The molecular formula is C24H35N3O2S2. The third-order valence-corrected chi connectivity index (χ3v) is 8.30. The van der Waals surface area contributed by atoms with Crippen molar-refractivity contribution in [3.63, 3.8) is 0 Å². The van der Waals surface area contributed by atoms with Crippen LogP contribution in [0, 0.1) is 0 Å². The lowest BCUT2D eigenvalue weighted by Gasteiger charge is -2.36. The largest absolute Gasteiger partial charge is 0.369 e. The summed E-state index contributed by atoms with van der Waals surface area (Å²) in [6, 6.07) is 16.5. The van der Waals surface area contributed by atoms with Gasteiger partial charge in [0, 0.05) is 43.3 Å². The first-order chi connectivity index (χ1) is 15.0. The Bertz CT molecular complexity index is 912. The number of sulfonamides is 1. The van der Waals surface area contributed by atoms with E-state index in [0.29, 0.717) is 11.4 Å². The summed E-state index contributed by atoms with van der Waals surface area (Å²) in [7, 11) is -3.43. The number of hydrogen-bond acceptors (Lipinski definition) is 5. The van der Waals surface area contributed by atoms with Gasteiger partial charge in [-0.25, -0.2) is 13.1 Å². The van der Waals surface area contributed by atoms with Crippen molar-refractivity contribution in [1.29, 1.82) is 0 Å². The molecule has 1 saturated heterocycles. The van der Waals surface area contributed by atoms with Crippen LogP contribution in [0.3, 0.4) is 0 Å². The van der Waals surface area contributed by atoms with Crippen molar-refractivity contribution < 1.29 is 8.42 Å². The number of aryl methyl sites for hydroxylation is 1. The highest BCUT2D eigenvalue weighted by Gasteiger charge is 2.18. The fourth-order valence-corrected chi connectivity index (χ4v) is 6.28. The lowest BCUT2D eigenvalue weighted by atomic mass is 10.1. The normalized spacial score (nSPS) is 15.4. The molecule has 0 aliphatic carbocycles. The van der Waals surface area contributed by atoms with E-state index < -0.39 is 10.0 Å². The molecule has 0 amide bonds. The minimum Gasteiger partial charge on any atom is -0.369 e. The fraction of sp³-hybridized carbons (Fsp3) is 0.500. The van der Waals surface area contributed by atoms with Gasteiger partial charge in [-0.15, -0.1) is 11.8 Å². The Labute approximate surface area is 192 Å². The van der Waals surface area contributed by atoms with Crippen LogP contribution in [0.25, 0.3) is 0 Å². The number of unbranched alkanes of at least 4 members (excludes halogenated alkanes) is 2. The molecule has 1 aliphatic rings. The standard InChI is InChI=1S/C24H35N3O2S2/c1-3-25-31(28,29)24-20-21(13-14-23(24)30-2)10-6-5-9-15-26-16-18-27(19-17-26)22-11-7-4-8-12-22/h4,7-8,11-14,20,25H,3,5-6,9-10,15-19H2,1-2H3. The molecule has 1 fully saturated rings. The molecule has 31 heavy (non-hydrogen) atoms. The first-order valence-corrected chi connectivity index (χ1v) is 13.9. The van der Waals surface area contributed by atoms with Crippen LogP contribution >= 0.6 is 11.8 Å². The summed E-state index contributed by atoms with van der Waals surface area (Å²) in [6.07, 6.45) is 6.28. The summed E-state index contributed by atoms with van der Waals surface area (Å²) in [5.74, 6) is 0. The quantitative estimate of drug-likeness (QED) is 0.401. The van der Waals surface area contributed by atoms with Crippen molar-refractivity contribution in [1.82, 2.24) is 9.62 Å². The zero-order valence-corrected chi connectivity index (χ0v) is 20.4. The Balaban J connectivity index is 1.40. The van der Waals surface area contributed by atoms with Crippen LogP contribution in [-0.4, -0.2) is 58.8 Å². The molecule has 1 heterocycles. The molecule has 170 valence electrons. The number of benzene rings is 2. The van der Waals surface area contributed by atoms with E-state index in [4.69, 9.17) is 0 Å². The molecule has 0 bridgehead atoms. The van der Waals surface area contributed by atoms with Crippen molar-refractivity contribution in [2.45, 2.75) is 42.4 Å². The van der Waals surface area contributed by atoms with Gasteiger partial charge in [0.15, 0.2) is 0 Å². The van der Waals surface area contributed by atoms with Gasteiger partial charge in [-0.05, 0) is 61.9 Å². The van der Waals surface area contributed by atoms with Crippen LogP contribution < -0.4 is 9.62 Å². The zero-order chi connectivity index (χ0) is 22.1. The van der Waals surface area contributed by atoms with Crippen LogP contribution in [0.4, 0.5) is 5.69 Å². The summed E-state index contributed by atoms with van der Waals surface area (Å²) >= 11 is 1.48. The lowest BCUT2D eigenvalue weighted by Crippen LogP contribution is -2.46. The number of hydrogen-bond donors (Lipinski definition) is 1. The maximum Gasteiger partial charge on any atom is 0.241 e. The fourth-order valence-electron chi connectivity index (χ4n) is 4.06. The summed E-state index contributed by atoms with van der Waals surface area (Å²) < 4.78 is 27.6. The Morgan fingerprint density at radius 3 is 2.39 bits per heavy atom. The second kappa shape index (κ2) is 11.9. The van der Waals surface area contributed by atoms with Gasteiger partial charge in [0.1, 0.15) is 0 Å². The minimum absolute atomic E-state index is 0.403. The third kappa shape index (κ3) is 6.97. The summed E-state index contributed by atoms with van der Waals surface area (Å²) in [5.41, 5.74) is 2.43. The molecule has 1 N–H and O–H groups in total. The van der Waals surface area contributed by atoms with Crippen LogP contribution in [0.5, 0.6) is 0 Å². The highest BCUT2D eigenvalue weighted by molar-refractivity contribution is 7.99. The first-order valence-electron chi connectivity index (χ1n) is 11.2. The maximum absolute atomic E-state index is 12.5. The highest BCUT2D eigenvalue weighted by Crippen LogP contribution is 2.26. The minimum atomic E-state index is -3.43. The topological polar surface area (TPSA) is 52.7 Å². The van der Waals surface area contributed by atoms with Crippen LogP contribution in [-0.2, 0) is 16.4 Å². The lowest BCUT2D eigenvalue weighted by molar-refractivity contribution is 0.252. The summed E-state index contributed by atoms with van der Waals surface area (Å²) in [6.45, 7) is 7.78. The van der Waals surface area contributed by atoms with Gasteiger partial charge in [-0.3, -0.25) is 4.90 Å². The van der Waals surface area contributed by atoms with Gasteiger partial charge >= 0.3 is 0 Å². The van der Waals surface area contributed by atoms with E-state index in [1.165, 1.54) is 30.3 Å². The predicted octanol–water partition coefficient (Wildman–Crippen LogP) is 4.24. The van der Waals surface area contributed by atoms with Gasteiger partial charge in [0.25, 0.3) is 0 Å². The number of thioether (sulfide) groups is 1. The SMILES string of the molecule is CCNS(=O)(=O)c1cc(CCCCCN2CCN(c3ccccc3)CC2)ccc1SC. The van der Waals surface area contributed by atoms with Crippen molar-refractivity contribution in [2.24, 2.45) is 0 Å². The van der Waals surface area contributed by atoms with E-state index in [2.05, 4.69) is 50.9 Å². The molecule has 0 spiro atoms. The van der Waals surface area contributed by atoms with Crippen LogP contribution in [0.2, 0.25) is 0 Å². The van der Waals surface area contributed by atoms with E-state index in [1.807, 2.05) is 25.3 Å². The first kappa shape index (κ1) is 24.1. The van der Waals surface area contributed by atoms with Crippen LogP contribution in [0.1, 0.15) is 31.7 Å². The number of para-hydroxylation sites is 1. The number of anilines is 1. The molecule has 0 radical (unpaired) electrons. The molecule has 7 heteroatoms. The second-order valence-electron chi connectivity index (χ2n) is 7.96. The van der Waals surface area contributed by atoms with Gasteiger partial charge < -0.3 is 4.90 Å². The van der Waals surface area contributed by atoms with Gasteiger partial charge in [-0.1, -0.05) is 37.6 Å². The Hall–Kier alpha value is -1.54. The van der Waals surface area contributed by atoms with Gasteiger partial charge in [0.2, 0.25) is 10.0 Å². The molecule has 2 aromatic rings. The zero-order valence-electron chi connectivity index (χ0n) is 18.7. The molecule has 0 aromatic heterocycles. The monoisotopic (exact) mass is 461 g/mol. The molecule has 0 saturated carbocycles. The van der Waals surface area contributed by atoms with E-state index in [1.54, 1.807) is 0 Å². The maximum atomic E-state index is 12.5. The van der Waals surface area contributed by atoms with E-state index >= 15 is 0 Å². The average Bonchev–Trinajstić information content (AvgIpc) is 2.80. The van der Waals surface area contributed by atoms with Crippen molar-refractivity contribution in [2.75, 3.05) is 50.4 Å². The molecule has 5 nitrogen and oxygen atoms in total. The molecule has 2 aromatic carbocycles. The highest BCUT2D eigenvalue weighted by atomic mass is 32.2. The molecule has 3 rings (SSSR count). The van der Waals surface area contributed by atoms with Crippen LogP contribution in [0.15, 0.2) is 58.3 Å². The number of piperazine rings is 1. The van der Waals surface area contributed by atoms with E-state index in [-0.39, 0.29) is 0 Å². The molecular weight excluding hydrogens is 426 g/mol. The number of nitrogens with zero attached hydrogens (tertiary/aromatic N) is 2. The summed E-state index contributed by atoms with van der Waals surface area (Å²) in [5, 5.41) is 0.